The van der Waals surface area contributed by atoms with E-state index < -0.39 is 6.23 Å². The minimum absolute atomic E-state index is 0.222. The molecule has 0 N–H and O–H groups in total. The lowest BCUT2D eigenvalue weighted by atomic mass is 10.2. The number of carbonyl (C=O) groups excluding carboxylic acids is 1. The smallest absolute Gasteiger partial charge is 0.259 e. The predicted molar refractivity (Wildman–Crippen MR) is 121 cm³/mol. The fraction of sp³-hybridized carbons (Fsp3) is 0.391. The van der Waals surface area contributed by atoms with Crippen molar-refractivity contribution in [1.29, 1.82) is 0 Å². The van der Waals surface area contributed by atoms with E-state index in [-0.39, 0.29) is 5.37 Å². The van der Waals surface area contributed by atoms with Gasteiger partial charge in [0, 0.05) is 37.2 Å². The van der Waals surface area contributed by atoms with Gasteiger partial charge in [0.2, 0.25) is 5.90 Å². The highest BCUT2D eigenvalue weighted by Gasteiger charge is 2.41. The number of hydrazine groups is 1. The maximum atomic E-state index is 11.6. The van der Waals surface area contributed by atoms with Crippen LogP contribution in [0.25, 0.3) is 0 Å². The molecule has 4 rings (SSSR count). The Balaban J connectivity index is 1.37. The van der Waals surface area contributed by atoms with Crippen LogP contribution in [0.5, 0.6) is 0 Å². The lowest BCUT2D eigenvalue weighted by molar-refractivity contribution is -0.158. The number of likely N-dealkylation sites (N-methyl/N-ethyl adjacent to an activating group) is 1. The summed E-state index contributed by atoms with van der Waals surface area (Å²) in [5.74, 6) is 0.482. The summed E-state index contributed by atoms with van der Waals surface area (Å²) in [5, 5.41) is 8.60. The van der Waals surface area contributed by atoms with Crippen molar-refractivity contribution in [3.05, 3.63) is 65.7 Å². The van der Waals surface area contributed by atoms with Gasteiger partial charge in [-0.05, 0) is 43.3 Å². The summed E-state index contributed by atoms with van der Waals surface area (Å²) >= 11 is 1.79. The molecule has 2 aromatic rings. The van der Waals surface area contributed by atoms with Crippen LogP contribution in [0, 0.1) is 0 Å². The van der Waals surface area contributed by atoms with Crippen LogP contribution in [0.3, 0.4) is 0 Å². The molecule has 2 aliphatic heterocycles. The largest absolute Gasteiger partial charge is 0.442 e. The summed E-state index contributed by atoms with van der Waals surface area (Å²) in [4.78, 5) is 15.1. The third-order valence-electron chi connectivity index (χ3n) is 5.32. The second-order valence-corrected chi connectivity index (χ2v) is 8.89. The van der Waals surface area contributed by atoms with E-state index in [4.69, 9.17) is 9.47 Å². The van der Waals surface area contributed by atoms with Crippen LogP contribution in [-0.2, 0) is 20.8 Å². The van der Waals surface area contributed by atoms with Crippen molar-refractivity contribution in [1.82, 2.24) is 15.0 Å². The van der Waals surface area contributed by atoms with E-state index in [9.17, 15) is 4.79 Å². The second-order valence-electron chi connectivity index (χ2n) is 7.63. The third-order valence-corrected chi connectivity index (χ3v) is 6.61. The van der Waals surface area contributed by atoms with Gasteiger partial charge in [-0.2, -0.15) is 10.1 Å². The molecule has 7 nitrogen and oxygen atoms in total. The van der Waals surface area contributed by atoms with Gasteiger partial charge in [-0.25, -0.2) is 0 Å². The summed E-state index contributed by atoms with van der Waals surface area (Å²) in [6, 6.07) is 18.3. The quantitative estimate of drug-likeness (QED) is 0.527. The van der Waals surface area contributed by atoms with Crippen molar-refractivity contribution in [2.75, 3.05) is 33.9 Å². The summed E-state index contributed by atoms with van der Waals surface area (Å²) in [6.07, 6.45) is 1.11. The maximum Gasteiger partial charge on any atom is 0.259 e. The van der Waals surface area contributed by atoms with Gasteiger partial charge in [-0.15, -0.1) is 16.9 Å². The Morgan fingerprint density at radius 2 is 2.00 bits per heavy atom. The Labute approximate surface area is 187 Å². The molecule has 2 aromatic carbocycles. The molecule has 8 heteroatoms. The van der Waals surface area contributed by atoms with E-state index in [1.807, 2.05) is 30.3 Å². The van der Waals surface area contributed by atoms with E-state index in [0.717, 1.165) is 44.5 Å². The number of aldehydes is 1. The van der Waals surface area contributed by atoms with Gasteiger partial charge >= 0.3 is 0 Å². The van der Waals surface area contributed by atoms with Crippen LogP contribution in [0.1, 0.15) is 17.5 Å². The Bertz CT molecular complexity index is 893. The molecule has 0 radical (unpaired) electrons. The zero-order chi connectivity index (χ0) is 21.6. The lowest BCUT2D eigenvalue weighted by Crippen LogP contribution is -2.56. The summed E-state index contributed by atoms with van der Waals surface area (Å²) < 4.78 is 10.9. The zero-order valence-corrected chi connectivity index (χ0v) is 18.7. The SMILES string of the molecule is COCCN(C)Cc1ccc(SC2CCN2N2N=C(c3ccccc3)OC2C=O)cc1. The average molecular weight is 441 g/mol. The van der Waals surface area contributed by atoms with Gasteiger partial charge < -0.3 is 9.47 Å². The fourth-order valence-electron chi connectivity index (χ4n) is 3.50. The van der Waals surface area contributed by atoms with Crippen molar-refractivity contribution in [3.8, 4) is 0 Å². The van der Waals surface area contributed by atoms with Crippen LogP contribution in [-0.4, -0.2) is 72.7 Å². The summed E-state index contributed by atoms with van der Waals surface area (Å²) in [7, 11) is 3.82. The fourth-order valence-corrected chi connectivity index (χ4v) is 4.65. The molecule has 1 saturated heterocycles. The molecule has 0 saturated carbocycles. The number of benzene rings is 2. The van der Waals surface area contributed by atoms with Gasteiger partial charge in [0.1, 0.15) is 0 Å². The average Bonchev–Trinajstić information content (AvgIpc) is 3.20. The third kappa shape index (κ3) is 5.27. The molecular weight excluding hydrogens is 412 g/mol. The monoisotopic (exact) mass is 440 g/mol. The zero-order valence-electron chi connectivity index (χ0n) is 17.9. The standard InChI is InChI=1S/C23H28N4O3S/c1-25(14-15-29-2)16-18-8-10-20(11-9-18)31-22-12-13-26(22)27-21(17-28)30-23(24-27)19-6-4-3-5-7-19/h3-11,17,21-22H,12-16H2,1-2H3. The van der Waals surface area contributed by atoms with Crippen LogP contribution < -0.4 is 0 Å². The minimum atomic E-state index is -0.719. The molecule has 2 atom stereocenters. The molecular formula is C23H28N4O3S. The summed E-state index contributed by atoms with van der Waals surface area (Å²) in [5.41, 5.74) is 2.15. The van der Waals surface area contributed by atoms with Crippen LogP contribution in [0.4, 0.5) is 0 Å². The molecule has 2 aliphatic rings. The van der Waals surface area contributed by atoms with Crippen molar-refractivity contribution in [2.45, 2.75) is 29.5 Å². The van der Waals surface area contributed by atoms with Gasteiger partial charge in [0.05, 0.1) is 12.0 Å². The first-order valence-corrected chi connectivity index (χ1v) is 11.3. The van der Waals surface area contributed by atoms with Gasteiger partial charge in [-0.1, -0.05) is 30.3 Å². The Hall–Kier alpha value is -2.39. The van der Waals surface area contributed by atoms with Crippen molar-refractivity contribution in [3.63, 3.8) is 0 Å². The number of hydrazone groups is 1. The van der Waals surface area contributed by atoms with Gasteiger partial charge in [0.25, 0.3) is 6.23 Å². The van der Waals surface area contributed by atoms with Crippen LogP contribution in [0.15, 0.2) is 64.6 Å². The predicted octanol–water partition coefficient (Wildman–Crippen LogP) is 3.02. The second kappa shape index (κ2) is 10.3. The van der Waals surface area contributed by atoms with E-state index in [0.29, 0.717) is 5.90 Å². The number of nitrogens with zero attached hydrogens (tertiary/aromatic N) is 4. The van der Waals surface area contributed by atoms with Gasteiger partial charge in [0.15, 0.2) is 6.29 Å². The minimum Gasteiger partial charge on any atom is -0.442 e. The van der Waals surface area contributed by atoms with E-state index in [1.54, 1.807) is 24.0 Å². The molecule has 1 fully saturated rings. The van der Waals surface area contributed by atoms with Crippen molar-refractivity contribution >= 4 is 23.9 Å². The maximum absolute atomic E-state index is 11.6. The van der Waals surface area contributed by atoms with E-state index in [1.165, 1.54) is 10.5 Å². The molecule has 0 spiro atoms. The Morgan fingerprint density at radius 1 is 1.23 bits per heavy atom. The molecule has 0 aromatic heterocycles. The highest BCUT2D eigenvalue weighted by atomic mass is 32.2. The Morgan fingerprint density at radius 3 is 2.65 bits per heavy atom. The molecule has 31 heavy (non-hydrogen) atoms. The van der Waals surface area contributed by atoms with Crippen LogP contribution in [0.2, 0.25) is 0 Å². The first-order chi connectivity index (χ1) is 15.2. The lowest BCUT2D eigenvalue weighted by Gasteiger charge is -2.44. The van der Waals surface area contributed by atoms with Crippen molar-refractivity contribution in [2.24, 2.45) is 5.10 Å². The topological polar surface area (TPSA) is 57.6 Å². The number of thioether (sulfide) groups is 1. The number of methoxy groups -OCH3 is 1. The first-order valence-electron chi connectivity index (χ1n) is 10.4. The Kier molecular flexibility index (Phi) is 7.24. The first kappa shape index (κ1) is 21.8. The van der Waals surface area contributed by atoms with Gasteiger partial charge in [-0.3, -0.25) is 9.69 Å². The van der Waals surface area contributed by atoms with E-state index >= 15 is 0 Å². The molecule has 0 bridgehead atoms. The molecule has 0 aliphatic carbocycles. The highest BCUT2D eigenvalue weighted by Crippen LogP contribution is 2.37. The number of ether oxygens (including phenoxy) is 2. The molecule has 2 heterocycles. The molecule has 164 valence electrons. The highest BCUT2D eigenvalue weighted by molar-refractivity contribution is 8.00. The van der Waals surface area contributed by atoms with Crippen LogP contribution >= 0.6 is 11.8 Å². The van der Waals surface area contributed by atoms with Crippen molar-refractivity contribution < 1.29 is 14.3 Å². The molecule has 2 unspecified atom stereocenters. The number of rotatable bonds is 10. The number of hydrogen-bond acceptors (Lipinski definition) is 8. The molecule has 0 amide bonds. The number of carbonyl (C=O) groups is 1. The normalized spacial score (nSPS) is 21.0. The summed E-state index contributed by atoms with van der Waals surface area (Å²) in [6.45, 7) is 3.38. The van der Waals surface area contributed by atoms with E-state index in [2.05, 4.69) is 46.3 Å². The number of hydrogen-bond donors (Lipinski definition) is 0.